The van der Waals surface area contributed by atoms with Crippen LogP contribution in [0.1, 0.15) is 31.2 Å². The smallest absolute Gasteiger partial charge is 0.247 e. The fourth-order valence-electron chi connectivity index (χ4n) is 3.09. The minimum Gasteiger partial charge on any atom is -0.418 e. The lowest BCUT2D eigenvalue weighted by molar-refractivity contribution is -0.136. The molecule has 0 radical (unpaired) electrons. The van der Waals surface area contributed by atoms with Gasteiger partial charge in [0.05, 0.1) is 6.33 Å². The van der Waals surface area contributed by atoms with Crippen molar-refractivity contribution in [2.75, 3.05) is 6.54 Å². The molecule has 25 heavy (non-hydrogen) atoms. The normalized spacial score (nSPS) is 17.6. The molecule has 0 N–H and O–H groups in total. The van der Waals surface area contributed by atoms with Crippen LogP contribution in [0.2, 0.25) is 0 Å². The van der Waals surface area contributed by atoms with Crippen LogP contribution >= 0.6 is 0 Å². The number of aromatic nitrogens is 5. The van der Waals surface area contributed by atoms with Gasteiger partial charge in [0.15, 0.2) is 0 Å². The summed E-state index contributed by atoms with van der Waals surface area (Å²) in [6, 6.07) is 3.47. The largest absolute Gasteiger partial charge is 0.418 e. The van der Waals surface area contributed by atoms with E-state index < -0.39 is 0 Å². The van der Waals surface area contributed by atoms with Crippen molar-refractivity contribution in [2.45, 2.75) is 31.8 Å². The molecule has 1 aliphatic heterocycles. The lowest BCUT2D eigenvalue weighted by Gasteiger charge is -2.33. The lowest BCUT2D eigenvalue weighted by atomic mass is 10.0. The molecule has 8 nitrogen and oxygen atoms in total. The van der Waals surface area contributed by atoms with Gasteiger partial charge in [0.25, 0.3) is 0 Å². The molecule has 4 heterocycles. The Kier molecular flexibility index (Phi) is 4.24. The van der Waals surface area contributed by atoms with Crippen LogP contribution < -0.4 is 0 Å². The van der Waals surface area contributed by atoms with Crippen molar-refractivity contribution < 1.29 is 9.21 Å². The second kappa shape index (κ2) is 6.84. The number of carbonyl (C=O) groups is 1. The Balaban J connectivity index is 1.55. The van der Waals surface area contributed by atoms with Gasteiger partial charge in [-0.25, -0.2) is 4.98 Å². The van der Waals surface area contributed by atoms with Crippen molar-refractivity contribution in [1.29, 1.82) is 0 Å². The van der Waals surface area contributed by atoms with Gasteiger partial charge in [-0.1, -0.05) is 0 Å². The van der Waals surface area contributed by atoms with Crippen molar-refractivity contribution in [3.8, 4) is 11.5 Å². The summed E-state index contributed by atoms with van der Waals surface area (Å²) in [5.41, 5.74) is 0.820. The first kappa shape index (κ1) is 15.5. The molecule has 1 amide bonds. The van der Waals surface area contributed by atoms with Gasteiger partial charge in [0.2, 0.25) is 17.7 Å². The Bertz CT molecular complexity index is 830. The zero-order valence-corrected chi connectivity index (χ0v) is 13.7. The Labute approximate surface area is 144 Å². The molecule has 4 rings (SSSR count). The van der Waals surface area contributed by atoms with E-state index in [1.54, 1.807) is 35.7 Å². The second-order valence-corrected chi connectivity index (χ2v) is 6.02. The minimum absolute atomic E-state index is 0.0337. The average Bonchev–Trinajstić information content (AvgIpc) is 3.34. The Hall–Kier alpha value is -3.03. The molecule has 0 saturated carbocycles. The van der Waals surface area contributed by atoms with Gasteiger partial charge in [0.1, 0.15) is 12.6 Å². The molecule has 1 saturated heterocycles. The van der Waals surface area contributed by atoms with E-state index in [0.717, 1.165) is 24.8 Å². The third-order valence-electron chi connectivity index (χ3n) is 4.35. The van der Waals surface area contributed by atoms with E-state index in [-0.39, 0.29) is 18.5 Å². The maximum absolute atomic E-state index is 12.7. The van der Waals surface area contributed by atoms with Gasteiger partial charge < -0.3 is 13.9 Å². The van der Waals surface area contributed by atoms with E-state index in [9.17, 15) is 4.79 Å². The minimum atomic E-state index is -0.173. The van der Waals surface area contributed by atoms with E-state index in [1.807, 2.05) is 17.0 Å². The second-order valence-electron chi connectivity index (χ2n) is 6.02. The number of imidazole rings is 1. The fourth-order valence-corrected chi connectivity index (χ4v) is 3.09. The molecule has 128 valence electrons. The molecule has 3 aromatic heterocycles. The molecule has 0 bridgehead atoms. The molecule has 1 unspecified atom stereocenters. The molecule has 0 aliphatic carbocycles. The fraction of sp³-hybridized carbons (Fsp3) is 0.353. The highest BCUT2D eigenvalue weighted by Crippen LogP contribution is 2.31. The number of rotatable bonds is 4. The van der Waals surface area contributed by atoms with Crippen molar-refractivity contribution in [1.82, 2.24) is 29.6 Å². The van der Waals surface area contributed by atoms with E-state index in [0.29, 0.717) is 18.3 Å². The number of pyridine rings is 1. The summed E-state index contributed by atoms with van der Waals surface area (Å²) < 4.78 is 7.63. The predicted molar refractivity (Wildman–Crippen MR) is 88.1 cm³/mol. The molecule has 0 spiro atoms. The molecule has 3 aromatic rings. The molecule has 1 fully saturated rings. The maximum atomic E-state index is 12.7. The van der Waals surface area contributed by atoms with Crippen molar-refractivity contribution in [3.05, 3.63) is 49.1 Å². The number of carbonyl (C=O) groups excluding carboxylic acids is 1. The van der Waals surface area contributed by atoms with Crippen LogP contribution in [-0.4, -0.2) is 42.1 Å². The number of amides is 1. The van der Waals surface area contributed by atoms with Gasteiger partial charge >= 0.3 is 0 Å². The SMILES string of the molecule is O=C(Cn1ccnc1)N1CCCCC1c1nnc(-c2ccncc2)o1. The number of hydrogen-bond acceptors (Lipinski definition) is 6. The van der Waals surface area contributed by atoms with Gasteiger partial charge in [-0.15, -0.1) is 10.2 Å². The molecule has 1 atom stereocenters. The summed E-state index contributed by atoms with van der Waals surface area (Å²) in [7, 11) is 0. The first-order chi connectivity index (χ1) is 12.3. The highest BCUT2D eigenvalue weighted by Gasteiger charge is 2.32. The monoisotopic (exact) mass is 338 g/mol. The third kappa shape index (κ3) is 3.28. The first-order valence-corrected chi connectivity index (χ1v) is 8.30. The highest BCUT2D eigenvalue weighted by atomic mass is 16.4. The third-order valence-corrected chi connectivity index (χ3v) is 4.35. The van der Waals surface area contributed by atoms with Crippen LogP contribution in [0.4, 0.5) is 0 Å². The van der Waals surface area contributed by atoms with Crippen LogP contribution in [0, 0.1) is 0 Å². The van der Waals surface area contributed by atoms with Gasteiger partial charge in [-0.3, -0.25) is 9.78 Å². The average molecular weight is 338 g/mol. The Morgan fingerprint density at radius 3 is 2.84 bits per heavy atom. The van der Waals surface area contributed by atoms with E-state index >= 15 is 0 Å². The summed E-state index contributed by atoms with van der Waals surface area (Å²) in [5, 5.41) is 8.33. The van der Waals surface area contributed by atoms with E-state index in [2.05, 4.69) is 20.2 Å². The number of nitrogens with zero attached hydrogens (tertiary/aromatic N) is 6. The number of hydrogen-bond donors (Lipinski definition) is 0. The summed E-state index contributed by atoms with van der Waals surface area (Å²) in [6.07, 6.45) is 11.3. The first-order valence-electron chi connectivity index (χ1n) is 8.30. The Morgan fingerprint density at radius 1 is 1.16 bits per heavy atom. The lowest BCUT2D eigenvalue weighted by Crippen LogP contribution is -2.40. The van der Waals surface area contributed by atoms with Gasteiger partial charge in [0, 0.05) is 36.9 Å². The van der Waals surface area contributed by atoms with Crippen LogP contribution in [0.5, 0.6) is 0 Å². The summed E-state index contributed by atoms with van der Waals surface area (Å²) in [5.74, 6) is 0.974. The van der Waals surface area contributed by atoms with E-state index in [4.69, 9.17) is 4.42 Å². The maximum Gasteiger partial charge on any atom is 0.247 e. The number of likely N-dealkylation sites (tertiary alicyclic amines) is 1. The molecule has 8 heteroatoms. The molecule has 0 aromatic carbocycles. The predicted octanol–water partition coefficient (Wildman–Crippen LogP) is 2.08. The topological polar surface area (TPSA) is 89.9 Å². The molecular formula is C17H18N6O2. The molecular weight excluding hydrogens is 320 g/mol. The van der Waals surface area contributed by atoms with Crippen molar-refractivity contribution >= 4 is 5.91 Å². The number of piperidine rings is 1. The standard InChI is InChI=1S/C17H18N6O2/c24-15(11-22-10-8-19-12-22)23-9-2-1-3-14(23)17-21-20-16(25-17)13-4-6-18-7-5-13/h4-8,10,12,14H,1-3,9,11H2. The zero-order chi connectivity index (χ0) is 17.1. The van der Waals surface area contributed by atoms with Crippen molar-refractivity contribution in [2.24, 2.45) is 0 Å². The van der Waals surface area contributed by atoms with Gasteiger partial charge in [-0.2, -0.15) is 0 Å². The van der Waals surface area contributed by atoms with Crippen LogP contribution in [-0.2, 0) is 11.3 Å². The van der Waals surface area contributed by atoms with Crippen LogP contribution in [0.3, 0.4) is 0 Å². The highest BCUT2D eigenvalue weighted by molar-refractivity contribution is 5.76. The van der Waals surface area contributed by atoms with Crippen molar-refractivity contribution in [3.63, 3.8) is 0 Å². The summed E-state index contributed by atoms with van der Waals surface area (Å²) in [6.45, 7) is 0.965. The van der Waals surface area contributed by atoms with Gasteiger partial charge in [-0.05, 0) is 31.4 Å². The Morgan fingerprint density at radius 2 is 2.04 bits per heavy atom. The summed E-state index contributed by atoms with van der Waals surface area (Å²) in [4.78, 5) is 22.5. The molecule has 1 aliphatic rings. The van der Waals surface area contributed by atoms with Crippen LogP contribution in [0.25, 0.3) is 11.5 Å². The van der Waals surface area contributed by atoms with Crippen LogP contribution in [0.15, 0.2) is 47.7 Å². The summed E-state index contributed by atoms with van der Waals surface area (Å²) >= 11 is 0. The zero-order valence-electron chi connectivity index (χ0n) is 13.7. The van der Waals surface area contributed by atoms with E-state index in [1.165, 1.54) is 0 Å². The quantitative estimate of drug-likeness (QED) is 0.723.